The van der Waals surface area contributed by atoms with E-state index in [1.54, 1.807) is 0 Å². The fraction of sp³-hybridized carbons (Fsp3) is 1.00. The third-order valence-corrected chi connectivity index (χ3v) is 5.28. The predicted octanol–water partition coefficient (Wildman–Crippen LogP) is 3.09. The molecule has 0 spiro atoms. The summed E-state index contributed by atoms with van der Waals surface area (Å²) >= 11 is 0. The molecule has 0 radical (unpaired) electrons. The quantitative estimate of drug-likeness (QED) is 0.803. The number of aliphatic hydroxyl groups is 1. The summed E-state index contributed by atoms with van der Waals surface area (Å²) in [5.74, 6) is 3.47. The standard InChI is InChI=1S/C15H28O2/c1-10-4-6-14(11(2)8-16)15-9-17-12(3)5-7-13(10)15/h10-16H,4-9H2,1-3H3/t10-,11+,12?,13+,14+,15?/m1/s1. The number of rotatable bonds is 2. The highest BCUT2D eigenvalue weighted by atomic mass is 16.5. The summed E-state index contributed by atoms with van der Waals surface area (Å²) in [5.41, 5.74) is 0. The maximum absolute atomic E-state index is 9.42. The van der Waals surface area contributed by atoms with Gasteiger partial charge in [0.1, 0.15) is 0 Å². The van der Waals surface area contributed by atoms with Crippen molar-refractivity contribution in [2.75, 3.05) is 13.2 Å². The summed E-state index contributed by atoms with van der Waals surface area (Å²) in [6, 6.07) is 0. The second-order valence-electron chi connectivity index (χ2n) is 6.43. The van der Waals surface area contributed by atoms with E-state index in [4.69, 9.17) is 4.74 Å². The van der Waals surface area contributed by atoms with E-state index in [9.17, 15) is 5.11 Å². The van der Waals surface area contributed by atoms with Crippen LogP contribution in [0.25, 0.3) is 0 Å². The summed E-state index contributed by atoms with van der Waals surface area (Å²) in [6.45, 7) is 8.06. The maximum Gasteiger partial charge on any atom is 0.0547 e. The van der Waals surface area contributed by atoms with Crippen LogP contribution in [0.5, 0.6) is 0 Å². The number of ether oxygens (including phenoxy) is 1. The SMILES string of the molecule is CC1CC[C@@H]2C(CO1)[C@H]([C@@H](C)CO)CC[C@H]2C. The molecule has 17 heavy (non-hydrogen) atoms. The van der Waals surface area contributed by atoms with Crippen LogP contribution in [0.1, 0.15) is 46.5 Å². The molecule has 100 valence electrons. The van der Waals surface area contributed by atoms with Crippen molar-refractivity contribution in [2.45, 2.75) is 52.6 Å². The Hall–Kier alpha value is -0.0800. The fourth-order valence-electron chi connectivity index (χ4n) is 4.00. The Morgan fingerprint density at radius 2 is 1.88 bits per heavy atom. The number of aliphatic hydroxyl groups excluding tert-OH is 1. The van der Waals surface area contributed by atoms with Gasteiger partial charge >= 0.3 is 0 Å². The summed E-state index contributed by atoms with van der Waals surface area (Å²) in [7, 11) is 0. The summed E-state index contributed by atoms with van der Waals surface area (Å²) in [5, 5.41) is 9.42. The van der Waals surface area contributed by atoms with Crippen LogP contribution in [0.15, 0.2) is 0 Å². The third-order valence-electron chi connectivity index (χ3n) is 5.28. The molecular formula is C15H28O2. The molecule has 1 heterocycles. The van der Waals surface area contributed by atoms with Gasteiger partial charge in [0.05, 0.1) is 12.7 Å². The average molecular weight is 240 g/mol. The molecule has 0 bridgehead atoms. The van der Waals surface area contributed by atoms with Gasteiger partial charge < -0.3 is 9.84 Å². The molecule has 1 saturated carbocycles. The zero-order chi connectivity index (χ0) is 12.4. The lowest BCUT2D eigenvalue weighted by Gasteiger charge is -2.43. The van der Waals surface area contributed by atoms with Gasteiger partial charge in [0.2, 0.25) is 0 Å². The normalized spacial score (nSPS) is 44.8. The Bertz CT molecular complexity index is 235. The third kappa shape index (κ3) is 2.85. The highest BCUT2D eigenvalue weighted by molar-refractivity contribution is 4.89. The molecule has 0 aromatic heterocycles. The van der Waals surface area contributed by atoms with Crippen molar-refractivity contribution in [1.29, 1.82) is 0 Å². The van der Waals surface area contributed by atoms with Crippen molar-refractivity contribution in [3.8, 4) is 0 Å². The molecular weight excluding hydrogens is 212 g/mol. The van der Waals surface area contributed by atoms with Gasteiger partial charge in [-0.25, -0.2) is 0 Å². The Labute approximate surface area is 106 Å². The van der Waals surface area contributed by atoms with Crippen molar-refractivity contribution in [1.82, 2.24) is 0 Å². The minimum atomic E-state index is 0.331. The first kappa shape index (κ1) is 13.4. The van der Waals surface area contributed by atoms with Crippen molar-refractivity contribution in [2.24, 2.45) is 29.6 Å². The lowest BCUT2D eigenvalue weighted by molar-refractivity contribution is -0.0162. The van der Waals surface area contributed by atoms with E-state index in [1.165, 1.54) is 25.7 Å². The minimum absolute atomic E-state index is 0.331. The predicted molar refractivity (Wildman–Crippen MR) is 69.8 cm³/mol. The van der Waals surface area contributed by atoms with Gasteiger partial charge in [0.15, 0.2) is 0 Å². The summed E-state index contributed by atoms with van der Waals surface area (Å²) in [6.07, 6.45) is 5.58. The first-order valence-corrected chi connectivity index (χ1v) is 7.36. The van der Waals surface area contributed by atoms with Gasteiger partial charge in [-0.2, -0.15) is 0 Å². The van der Waals surface area contributed by atoms with Gasteiger partial charge in [-0.05, 0) is 55.8 Å². The van der Waals surface area contributed by atoms with Crippen LogP contribution in [0.2, 0.25) is 0 Å². The second-order valence-corrected chi connectivity index (χ2v) is 6.43. The summed E-state index contributed by atoms with van der Waals surface area (Å²) in [4.78, 5) is 0. The molecule has 6 atom stereocenters. The van der Waals surface area contributed by atoms with Gasteiger partial charge in [0, 0.05) is 6.61 Å². The topological polar surface area (TPSA) is 29.5 Å². The molecule has 1 saturated heterocycles. The first-order chi connectivity index (χ1) is 8.13. The lowest BCUT2D eigenvalue weighted by Crippen LogP contribution is -2.39. The van der Waals surface area contributed by atoms with E-state index < -0.39 is 0 Å². The van der Waals surface area contributed by atoms with Crippen LogP contribution < -0.4 is 0 Å². The van der Waals surface area contributed by atoms with Crippen LogP contribution in [0, 0.1) is 29.6 Å². The molecule has 2 nitrogen and oxygen atoms in total. The van der Waals surface area contributed by atoms with Crippen LogP contribution in [-0.2, 0) is 4.74 Å². The molecule has 2 rings (SSSR count). The van der Waals surface area contributed by atoms with Crippen molar-refractivity contribution in [3.05, 3.63) is 0 Å². The fourth-order valence-corrected chi connectivity index (χ4v) is 4.00. The number of fused-ring (bicyclic) bond motifs is 1. The highest BCUT2D eigenvalue weighted by Crippen LogP contribution is 2.45. The van der Waals surface area contributed by atoms with E-state index in [0.29, 0.717) is 30.5 Å². The Morgan fingerprint density at radius 1 is 1.12 bits per heavy atom. The van der Waals surface area contributed by atoms with Crippen LogP contribution in [0.4, 0.5) is 0 Å². The molecule has 1 aliphatic carbocycles. The Balaban J connectivity index is 2.11. The lowest BCUT2D eigenvalue weighted by atomic mass is 9.63. The molecule has 0 aromatic carbocycles. The van der Waals surface area contributed by atoms with E-state index in [1.807, 2.05) is 0 Å². The maximum atomic E-state index is 9.42. The summed E-state index contributed by atoms with van der Waals surface area (Å²) < 4.78 is 5.96. The number of hydrogen-bond donors (Lipinski definition) is 1. The number of hydrogen-bond acceptors (Lipinski definition) is 2. The Morgan fingerprint density at radius 3 is 2.59 bits per heavy atom. The average Bonchev–Trinajstić information content (AvgIpc) is 2.52. The van der Waals surface area contributed by atoms with Gasteiger partial charge in [-0.15, -0.1) is 0 Å². The second kappa shape index (κ2) is 5.71. The Kier molecular flexibility index (Phi) is 4.48. The van der Waals surface area contributed by atoms with E-state index in [2.05, 4.69) is 20.8 Å². The van der Waals surface area contributed by atoms with Crippen molar-refractivity contribution >= 4 is 0 Å². The molecule has 0 aromatic rings. The van der Waals surface area contributed by atoms with Gasteiger partial charge in [-0.3, -0.25) is 0 Å². The van der Waals surface area contributed by atoms with E-state index >= 15 is 0 Å². The zero-order valence-electron chi connectivity index (χ0n) is 11.6. The first-order valence-electron chi connectivity index (χ1n) is 7.36. The van der Waals surface area contributed by atoms with Crippen LogP contribution in [0.3, 0.4) is 0 Å². The van der Waals surface area contributed by atoms with Crippen LogP contribution >= 0.6 is 0 Å². The molecule has 2 heteroatoms. The van der Waals surface area contributed by atoms with Crippen molar-refractivity contribution < 1.29 is 9.84 Å². The highest BCUT2D eigenvalue weighted by Gasteiger charge is 2.40. The molecule has 1 aliphatic heterocycles. The van der Waals surface area contributed by atoms with Gasteiger partial charge in [0.25, 0.3) is 0 Å². The monoisotopic (exact) mass is 240 g/mol. The van der Waals surface area contributed by atoms with Crippen LogP contribution in [-0.4, -0.2) is 24.4 Å². The largest absolute Gasteiger partial charge is 0.396 e. The molecule has 2 aliphatic rings. The molecule has 1 N–H and O–H groups in total. The van der Waals surface area contributed by atoms with E-state index in [0.717, 1.165) is 18.4 Å². The van der Waals surface area contributed by atoms with Gasteiger partial charge in [-0.1, -0.05) is 20.3 Å². The zero-order valence-corrected chi connectivity index (χ0v) is 11.6. The molecule has 2 fully saturated rings. The molecule has 0 amide bonds. The minimum Gasteiger partial charge on any atom is -0.396 e. The molecule has 2 unspecified atom stereocenters. The van der Waals surface area contributed by atoms with Crippen molar-refractivity contribution in [3.63, 3.8) is 0 Å². The smallest absolute Gasteiger partial charge is 0.0547 e. The van der Waals surface area contributed by atoms with E-state index in [-0.39, 0.29) is 0 Å².